The van der Waals surface area contributed by atoms with Crippen molar-refractivity contribution in [2.24, 2.45) is 0 Å². The topological polar surface area (TPSA) is 66.1 Å². The molecule has 160 valence electrons. The average molecular weight is 424 g/mol. The number of carbonyl (C=O) groups is 1. The molecule has 32 heavy (non-hydrogen) atoms. The number of hydrogen-bond acceptors (Lipinski definition) is 3. The molecule has 0 bridgehead atoms. The number of amides is 1. The van der Waals surface area contributed by atoms with Crippen LogP contribution < -0.4 is 5.56 Å². The summed E-state index contributed by atoms with van der Waals surface area (Å²) in [5, 5.41) is 8.28. The zero-order valence-corrected chi connectivity index (χ0v) is 17.8. The van der Waals surface area contributed by atoms with Gasteiger partial charge >= 0.3 is 0 Å². The Bertz CT molecular complexity index is 1290. The van der Waals surface area contributed by atoms with E-state index in [-0.39, 0.29) is 11.5 Å². The van der Waals surface area contributed by atoms with E-state index in [4.69, 9.17) is 0 Å². The molecule has 3 aromatic carbocycles. The summed E-state index contributed by atoms with van der Waals surface area (Å²) in [7, 11) is 0. The van der Waals surface area contributed by atoms with Crippen molar-refractivity contribution in [2.45, 2.75) is 25.2 Å². The van der Waals surface area contributed by atoms with Gasteiger partial charge in [-0.2, -0.15) is 5.10 Å². The number of nitrogens with one attached hydrogen (secondary N) is 1. The number of piperidine rings is 1. The first-order valence-electron chi connectivity index (χ1n) is 11.1. The molecular weight excluding hydrogens is 398 g/mol. The number of nitrogens with zero attached hydrogens (tertiary/aromatic N) is 2. The molecule has 5 heteroatoms. The van der Waals surface area contributed by atoms with E-state index < -0.39 is 0 Å². The molecular formula is C27H25N3O2. The van der Waals surface area contributed by atoms with Crippen molar-refractivity contribution < 1.29 is 4.79 Å². The number of benzene rings is 3. The number of hydrogen-bond donors (Lipinski definition) is 1. The molecule has 2 heterocycles. The Morgan fingerprint density at radius 2 is 1.53 bits per heavy atom. The maximum absolute atomic E-state index is 12.9. The first kappa shape index (κ1) is 20.2. The summed E-state index contributed by atoms with van der Waals surface area (Å²) >= 11 is 0. The minimum atomic E-state index is -0.192. The van der Waals surface area contributed by atoms with Crippen LogP contribution >= 0.6 is 0 Å². The lowest BCUT2D eigenvalue weighted by Gasteiger charge is -2.32. The summed E-state index contributed by atoms with van der Waals surface area (Å²) in [6.07, 6.45) is 2.43. The number of rotatable bonds is 4. The first-order chi connectivity index (χ1) is 15.7. The number of H-pyrrole nitrogens is 1. The van der Waals surface area contributed by atoms with Crippen LogP contribution in [0.2, 0.25) is 0 Å². The number of likely N-dealkylation sites (tertiary alicyclic amines) is 1. The van der Waals surface area contributed by atoms with Crippen molar-refractivity contribution in [3.63, 3.8) is 0 Å². The van der Waals surface area contributed by atoms with Crippen LogP contribution in [0.5, 0.6) is 0 Å². The van der Waals surface area contributed by atoms with Crippen molar-refractivity contribution in [2.75, 3.05) is 13.1 Å². The zero-order chi connectivity index (χ0) is 21.9. The van der Waals surface area contributed by atoms with Gasteiger partial charge in [-0.05, 0) is 36.0 Å². The second kappa shape index (κ2) is 8.79. The molecule has 0 aliphatic carbocycles. The second-order valence-electron chi connectivity index (χ2n) is 8.39. The van der Waals surface area contributed by atoms with Crippen molar-refractivity contribution in [3.8, 4) is 11.3 Å². The third-order valence-electron chi connectivity index (χ3n) is 6.40. The molecule has 0 radical (unpaired) electrons. The van der Waals surface area contributed by atoms with Crippen LogP contribution in [-0.2, 0) is 11.2 Å². The summed E-state index contributed by atoms with van der Waals surface area (Å²) in [4.78, 5) is 26.9. The zero-order valence-electron chi connectivity index (χ0n) is 17.8. The van der Waals surface area contributed by atoms with Gasteiger partial charge in [-0.25, -0.2) is 5.10 Å². The summed E-state index contributed by atoms with van der Waals surface area (Å²) in [6.45, 7) is 1.62. The normalized spacial score (nSPS) is 14.6. The molecule has 5 nitrogen and oxygen atoms in total. The highest BCUT2D eigenvalue weighted by atomic mass is 16.2. The predicted molar refractivity (Wildman–Crippen MR) is 127 cm³/mol. The third-order valence-corrected chi connectivity index (χ3v) is 6.40. The minimum absolute atomic E-state index is 0.178. The molecule has 1 aromatic heterocycles. The summed E-state index contributed by atoms with van der Waals surface area (Å²) < 4.78 is 0. The fourth-order valence-corrected chi connectivity index (χ4v) is 4.59. The van der Waals surface area contributed by atoms with Gasteiger partial charge in [-0.1, -0.05) is 72.8 Å². The van der Waals surface area contributed by atoms with E-state index >= 15 is 0 Å². The molecule has 4 aromatic rings. The average Bonchev–Trinajstić information content (AvgIpc) is 2.86. The summed E-state index contributed by atoms with van der Waals surface area (Å²) in [6, 6.07) is 25.9. The van der Waals surface area contributed by atoms with Gasteiger partial charge in [0.2, 0.25) is 5.91 Å². The van der Waals surface area contributed by atoms with Crippen LogP contribution in [-0.4, -0.2) is 34.1 Å². The van der Waals surface area contributed by atoms with Crippen LogP contribution in [0.4, 0.5) is 0 Å². The van der Waals surface area contributed by atoms with Gasteiger partial charge in [-0.15, -0.1) is 0 Å². The summed E-state index contributed by atoms with van der Waals surface area (Å²) in [5.74, 6) is 0.719. The fourth-order valence-electron chi connectivity index (χ4n) is 4.59. The molecule has 1 N–H and O–H groups in total. The largest absolute Gasteiger partial charge is 0.342 e. The number of fused-ring (bicyclic) bond motifs is 1. The Balaban J connectivity index is 1.25. The van der Waals surface area contributed by atoms with Gasteiger partial charge < -0.3 is 4.90 Å². The van der Waals surface area contributed by atoms with Gasteiger partial charge in [0.05, 0.1) is 17.5 Å². The van der Waals surface area contributed by atoms with Gasteiger partial charge in [0.15, 0.2) is 0 Å². The highest BCUT2D eigenvalue weighted by molar-refractivity contribution is 5.93. The Kier molecular flexibility index (Phi) is 5.55. The van der Waals surface area contributed by atoms with E-state index in [1.54, 1.807) is 6.07 Å². The summed E-state index contributed by atoms with van der Waals surface area (Å²) in [5.41, 5.74) is 3.82. The molecule has 1 saturated heterocycles. The minimum Gasteiger partial charge on any atom is -0.342 e. The Hall–Kier alpha value is -3.73. The van der Waals surface area contributed by atoms with Crippen LogP contribution in [0.15, 0.2) is 83.7 Å². The molecule has 1 aliphatic rings. The van der Waals surface area contributed by atoms with Crippen molar-refractivity contribution in [1.29, 1.82) is 0 Å². The lowest BCUT2D eigenvalue weighted by Crippen LogP contribution is -2.38. The smallest absolute Gasteiger partial charge is 0.272 e. The SMILES string of the molecule is O=C(Cc1ccc(-c2n[nH]c(=O)c3ccccc23)cc1)N1CCC(c2ccccc2)CC1. The van der Waals surface area contributed by atoms with Crippen LogP contribution in [0, 0.1) is 0 Å². The van der Waals surface area contributed by atoms with Crippen LogP contribution in [0.3, 0.4) is 0 Å². The quantitative estimate of drug-likeness (QED) is 0.524. The molecule has 0 atom stereocenters. The molecule has 1 aliphatic heterocycles. The number of carbonyl (C=O) groups excluding carboxylic acids is 1. The third kappa shape index (κ3) is 4.06. The molecule has 1 fully saturated rings. The van der Waals surface area contributed by atoms with Crippen LogP contribution in [0.25, 0.3) is 22.0 Å². The lowest BCUT2D eigenvalue weighted by molar-refractivity contribution is -0.131. The standard InChI is InChI=1S/C27H25N3O2/c31-25(30-16-14-21(15-17-30)20-6-2-1-3-7-20)18-19-10-12-22(13-11-19)26-23-8-4-5-9-24(23)27(32)29-28-26/h1-13,21H,14-18H2,(H,29,32). The van der Waals surface area contributed by atoms with E-state index in [0.29, 0.717) is 17.7 Å². The fraction of sp³-hybridized carbons (Fsp3) is 0.222. The Morgan fingerprint density at radius 3 is 2.25 bits per heavy atom. The van der Waals surface area contributed by atoms with Crippen molar-refractivity contribution in [1.82, 2.24) is 15.1 Å². The van der Waals surface area contributed by atoms with Gasteiger partial charge in [0.1, 0.15) is 0 Å². The highest BCUT2D eigenvalue weighted by Gasteiger charge is 2.23. The van der Waals surface area contributed by atoms with Gasteiger partial charge in [-0.3, -0.25) is 9.59 Å². The van der Waals surface area contributed by atoms with E-state index in [1.807, 2.05) is 53.4 Å². The van der Waals surface area contributed by atoms with E-state index in [1.165, 1.54) is 5.56 Å². The van der Waals surface area contributed by atoms with E-state index in [9.17, 15) is 9.59 Å². The maximum atomic E-state index is 12.9. The first-order valence-corrected chi connectivity index (χ1v) is 11.1. The van der Waals surface area contributed by atoms with E-state index in [0.717, 1.165) is 48.1 Å². The maximum Gasteiger partial charge on any atom is 0.272 e. The van der Waals surface area contributed by atoms with Crippen molar-refractivity contribution >= 4 is 16.7 Å². The highest BCUT2D eigenvalue weighted by Crippen LogP contribution is 2.28. The predicted octanol–water partition coefficient (Wildman–Crippen LogP) is 4.54. The molecule has 0 unspecified atom stereocenters. The van der Waals surface area contributed by atoms with Gasteiger partial charge in [0.25, 0.3) is 5.56 Å². The van der Waals surface area contributed by atoms with Crippen LogP contribution in [0.1, 0.15) is 29.9 Å². The van der Waals surface area contributed by atoms with Crippen molar-refractivity contribution in [3.05, 3.63) is 100 Å². The Morgan fingerprint density at radius 1 is 0.875 bits per heavy atom. The number of aromatic nitrogens is 2. The van der Waals surface area contributed by atoms with E-state index in [2.05, 4.69) is 34.5 Å². The Labute approximate surface area is 186 Å². The molecule has 5 rings (SSSR count). The monoisotopic (exact) mass is 423 g/mol. The molecule has 1 amide bonds. The molecule has 0 saturated carbocycles. The molecule has 0 spiro atoms. The lowest BCUT2D eigenvalue weighted by atomic mass is 9.89. The number of aromatic amines is 1. The van der Waals surface area contributed by atoms with Gasteiger partial charge in [0, 0.05) is 24.0 Å². The second-order valence-corrected chi connectivity index (χ2v) is 8.39.